The van der Waals surface area contributed by atoms with E-state index in [1.54, 1.807) is 0 Å². The Kier molecular flexibility index (Phi) is 3.79. The molecule has 0 bridgehead atoms. The van der Waals surface area contributed by atoms with Crippen molar-refractivity contribution in [1.82, 2.24) is 0 Å². The lowest BCUT2D eigenvalue weighted by Crippen LogP contribution is -2.47. The van der Waals surface area contributed by atoms with Gasteiger partial charge in [0.15, 0.2) is 0 Å². The van der Waals surface area contributed by atoms with E-state index in [9.17, 15) is 5.11 Å². The molecule has 0 radical (unpaired) electrons. The first-order valence-corrected chi connectivity index (χ1v) is 6.71. The molecule has 1 rings (SSSR count). The number of aliphatic hydroxyl groups is 1. The van der Waals surface area contributed by atoms with Crippen LogP contribution in [-0.4, -0.2) is 11.2 Å². The van der Waals surface area contributed by atoms with Crippen LogP contribution in [-0.2, 0) is 0 Å². The fourth-order valence-corrected chi connectivity index (χ4v) is 3.25. The van der Waals surface area contributed by atoms with Crippen LogP contribution in [0.2, 0.25) is 0 Å². The van der Waals surface area contributed by atoms with Gasteiger partial charge in [-0.3, -0.25) is 0 Å². The molecule has 0 aliphatic heterocycles. The summed E-state index contributed by atoms with van der Waals surface area (Å²) in [5.74, 6) is 1.64. The van der Waals surface area contributed by atoms with Crippen molar-refractivity contribution in [3.05, 3.63) is 0 Å². The molecule has 96 valence electrons. The molecular weight excluding hydrogens is 196 g/mol. The van der Waals surface area contributed by atoms with Crippen molar-refractivity contribution in [1.29, 1.82) is 0 Å². The zero-order valence-corrected chi connectivity index (χ0v) is 12.2. The second kappa shape index (κ2) is 4.33. The van der Waals surface area contributed by atoms with E-state index in [0.717, 1.165) is 5.92 Å². The third-order valence-electron chi connectivity index (χ3n) is 4.36. The minimum Gasteiger partial charge on any atom is -0.393 e. The molecule has 1 fully saturated rings. The van der Waals surface area contributed by atoms with Gasteiger partial charge in [-0.25, -0.2) is 0 Å². The fraction of sp³-hybridized carbons (Fsp3) is 1.00. The second-order valence-corrected chi connectivity index (χ2v) is 8.01. The van der Waals surface area contributed by atoms with E-state index in [1.807, 2.05) is 0 Å². The highest BCUT2D eigenvalue weighted by molar-refractivity contribution is 4.94. The van der Waals surface area contributed by atoms with E-state index in [1.165, 1.54) is 12.8 Å². The largest absolute Gasteiger partial charge is 0.393 e. The Labute approximate surface area is 102 Å². The highest BCUT2D eigenvalue weighted by atomic mass is 16.3. The topological polar surface area (TPSA) is 20.2 Å². The Bertz CT molecular complexity index is 207. The lowest BCUT2D eigenvalue weighted by atomic mass is 9.59. The highest BCUT2D eigenvalue weighted by Gasteiger charge is 2.44. The van der Waals surface area contributed by atoms with Gasteiger partial charge in [-0.15, -0.1) is 0 Å². The van der Waals surface area contributed by atoms with Gasteiger partial charge >= 0.3 is 0 Å². The summed E-state index contributed by atoms with van der Waals surface area (Å²) in [5, 5.41) is 10.6. The Morgan fingerprint density at radius 3 is 1.38 bits per heavy atom. The van der Waals surface area contributed by atoms with Crippen LogP contribution in [0, 0.1) is 28.6 Å². The van der Waals surface area contributed by atoms with E-state index in [-0.39, 0.29) is 16.9 Å². The van der Waals surface area contributed by atoms with Gasteiger partial charge < -0.3 is 5.11 Å². The minimum absolute atomic E-state index is 0.129. The fourth-order valence-electron chi connectivity index (χ4n) is 3.25. The quantitative estimate of drug-likeness (QED) is 0.659. The molecule has 1 heteroatoms. The molecule has 0 unspecified atom stereocenters. The summed E-state index contributed by atoms with van der Waals surface area (Å²) in [6.07, 6.45) is 2.23. The summed E-state index contributed by atoms with van der Waals surface area (Å²) in [5.41, 5.74) is 0.440. The van der Waals surface area contributed by atoms with Crippen LogP contribution in [0.5, 0.6) is 0 Å². The third-order valence-corrected chi connectivity index (χ3v) is 4.36. The molecule has 0 spiro atoms. The van der Waals surface area contributed by atoms with E-state index in [2.05, 4.69) is 48.5 Å². The third kappa shape index (κ3) is 3.00. The number of aliphatic hydroxyl groups excluding tert-OH is 1. The molecule has 0 saturated heterocycles. The van der Waals surface area contributed by atoms with E-state index in [0.29, 0.717) is 11.8 Å². The van der Waals surface area contributed by atoms with Crippen molar-refractivity contribution >= 4 is 0 Å². The zero-order chi connectivity index (χ0) is 12.7. The predicted molar refractivity (Wildman–Crippen MR) is 70.3 cm³/mol. The maximum Gasteiger partial charge on any atom is 0.0606 e. The molecule has 1 aliphatic carbocycles. The van der Waals surface area contributed by atoms with Crippen LogP contribution >= 0.6 is 0 Å². The normalized spacial score (nSPS) is 37.5. The van der Waals surface area contributed by atoms with Crippen molar-refractivity contribution in [3.63, 3.8) is 0 Å². The maximum atomic E-state index is 10.6. The minimum atomic E-state index is -0.129. The molecule has 2 atom stereocenters. The number of hydrogen-bond acceptors (Lipinski definition) is 1. The van der Waals surface area contributed by atoms with Crippen LogP contribution in [0.1, 0.15) is 61.3 Å². The van der Waals surface area contributed by atoms with Gasteiger partial charge in [0.2, 0.25) is 0 Å². The summed E-state index contributed by atoms with van der Waals surface area (Å²) in [6.45, 7) is 15.9. The van der Waals surface area contributed by atoms with Gasteiger partial charge in [0.25, 0.3) is 0 Å². The number of rotatable bonds is 0. The average Bonchev–Trinajstić information content (AvgIpc) is 2.04. The second-order valence-electron chi connectivity index (χ2n) is 8.01. The zero-order valence-electron chi connectivity index (χ0n) is 12.2. The van der Waals surface area contributed by atoms with Crippen molar-refractivity contribution in [3.8, 4) is 0 Å². The molecule has 0 heterocycles. The molecule has 1 aliphatic rings. The standard InChI is InChI=1S/C15H30O/c1-10-8-11(14(2,3)4)13(16)12(9-10)15(5,6)7/h10-13,16H,8-9H2,1-7H3/t10?,11-,12-,13?/m0/s1. The average molecular weight is 226 g/mol. The predicted octanol–water partition coefficient (Wildman–Crippen LogP) is 4.10. The van der Waals surface area contributed by atoms with Gasteiger partial charge in [-0.05, 0) is 41.4 Å². The van der Waals surface area contributed by atoms with E-state index >= 15 is 0 Å². The molecule has 1 N–H and O–H groups in total. The van der Waals surface area contributed by atoms with E-state index in [4.69, 9.17) is 0 Å². The Morgan fingerprint density at radius 1 is 0.812 bits per heavy atom. The van der Waals surface area contributed by atoms with Gasteiger partial charge in [0, 0.05) is 0 Å². The van der Waals surface area contributed by atoms with Crippen LogP contribution < -0.4 is 0 Å². The smallest absolute Gasteiger partial charge is 0.0606 e. The van der Waals surface area contributed by atoms with Gasteiger partial charge in [0.1, 0.15) is 0 Å². The van der Waals surface area contributed by atoms with Crippen LogP contribution in [0.15, 0.2) is 0 Å². The summed E-state index contributed by atoms with van der Waals surface area (Å²) >= 11 is 0. The molecule has 0 amide bonds. The van der Waals surface area contributed by atoms with Crippen molar-refractivity contribution in [2.24, 2.45) is 28.6 Å². The molecular formula is C15H30O. The first kappa shape index (κ1) is 14.0. The molecule has 1 nitrogen and oxygen atoms in total. The monoisotopic (exact) mass is 226 g/mol. The van der Waals surface area contributed by atoms with Crippen molar-refractivity contribution in [2.75, 3.05) is 0 Å². The van der Waals surface area contributed by atoms with Crippen LogP contribution in [0.4, 0.5) is 0 Å². The molecule has 1 saturated carbocycles. The van der Waals surface area contributed by atoms with Crippen molar-refractivity contribution in [2.45, 2.75) is 67.4 Å². The lowest BCUT2D eigenvalue weighted by molar-refractivity contribution is -0.0808. The lowest BCUT2D eigenvalue weighted by Gasteiger charge is -2.48. The first-order valence-electron chi connectivity index (χ1n) is 6.71. The van der Waals surface area contributed by atoms with Crippen molar-refractivity contribution < 1.29 is 5.11 Å². The highest BCUT2D eigenvalue weighted by Crippen LogP contribution is 2.48. The van der Waals surface area contributed by atoms with Gasteiger partial charge in [0.05, 0.1) is 6.10 Å². The Hall–Kier alpha value is -0.0400. The number of hydrogen-bond donors (Lipinski definition) is 1. The molecule has 0 aromatic carbocycles. The summed E-state index contributed by atoms with van der Waals surface area (Å²) < 4.78 is 0. The van der Waals surface area contributed by atoms with Gasteiger partial charge in [-0.2, -0.15) is 0 Å². The van der Waals surface area contributed by atoms with Crippen LogP contribution in [0.25, 0.3) is 0 Å². The summed E-state index contributed by atoms with van der Waals surface area (Å²) in [7, 11) is 0. The Morgan fingerprint density at radius 2 is 1.12 bits per heavy atom. The van der Waals surface area contributed by atoms with Crippen LogP contribution in [0.3, 0.4) is 0 Å². The first-order chi connectivity index (χ1) is 7.03. The van der Waals surface area contributed by atoms with E-state index < -0.39 is 0 Å². The maximum absolute atomic E-state index is 10.6. The summed E-state index contributed by atoms with van der Waals surface area (Å²) in [6, 6.07) is 0. The molecule has 0 aromatic heterocycles. The Balaban J connectivity index is 2.91. The molecule has 0 aromatic rings. The summed E-state index contributed by atoms with van der Waals surface area (Å²) in [4.78, 5) is 0. The molecule has 16 heavy (non-hydrogen) atoms. The van der Waals surface area contributed by atoms with Gasteiger partial charge in [-0.1, -0.05) is 48.5 Å². The SMILES string of the molecule is CC1C[C@H](C(C)(C)C)C(O)[C@@H](C(C)(C)C)C1.